The zero-order valence-electron chi connectivity index (χ0n) is 21.3. The number of benzene rings is 3. The molecule has 194 valence electrons. The fourth-order valence-electron chi connectivity index (χ4n) is 4.95. The molecular formula is C30H31N5O3. The highest BCUT2D eigenvalue weighted by atomic mass is 16.5. The summed E-state index contributed by atoms with van der Waals surface area (Å²) < 4.78 is 7.23. The number of hydrogen-bond donors (Lipinski definition) is 3. The van der Waals surface area contributed by atoms with Crippen molar-refractivity contribution in [2.45, 2.75) is 38.3 Å². The minimum absolute atomic E-state index is 0.206. The van der Waals surface area contributed by atoms with E-state index in [9.17, 15) is 9.59 Å². The first-order valence-electron chi connectivity index (χ1n) is 12.8. The Morgan fingerprint density at radius 1 is 0.974 bits per heavy atom. The molecule has 4 N–H and O–H groups in total. The molecule has 1 aromatic heterocycles. The Morgan fingerprint density at radius 2 is 1.66 bits per heavy atom. The number of carbonyl (C=O) groups excluding carboxylic acids is 2. The molecule has 4 aromatic rings. The number of primary amides is 1. The second-order valence-electron chi connectivity index (χ2n) is 9.39. The van der Waals surface area contributed by atoms with Crippen molar-refractivity contribution in [1.82, 2.24) is 15.1 Å². The Labute approximate surface area is 221 Å². The summed E-state index contributed by atoms with van der Waals surface area (Å²) in [6, 6.07) is 24.7. The predicted octanol–water partition coefficient (Wildman–Crippen LogP) is 5.45. The highest BCUT2D eigenvalue weighted by molar-refractivity contribution is 6.04. The van der Waals surface area contributed by atoms with Crippen LogP contribution in [0.5, 0.6) is 5.75 Å². The second kappa shape index (κ2) is 11.2. The van der Waals surface area contributed by atoms with Gasteiger partial charge in [-0.15, -0.1) is 0 Å². The monoisotopic (exact) mass is 509 g/mol. The molecule has 1 aliphatic rings. The highest BCUT2D eigenvalue weighted by Gasteiger charge is 2.28. The molecule has 1 fully saturated rings. The van der Waals surface area contributed by atoms with E-state index in [4.69, 9.17) is 15.6 Å². The van der Waals surface area contributed by atoms with Crippen molar-refractivity contribution in [2.75, 3.05) is 12.4 Å². The van der Waals surface area contributed by atoms with Gasteiger partial charge in [-0.2, -0.15) is 5.10 Å². The molecule has 2 amide bonds. The van der Waals surface area contributed by atoms with Crippen molar-refractivity contribution >= 4 is 23.3 Å². The number of nitrogens with one attached hydrogen (secondary N) is 2. The van der Waals surface area contributed by atoms with Crippen LogP contribution in [0.25, 0.3) is 11.3 Å². The van der Waals surface area contributed by atoms with Crippen molar-refractivity contribution < 1.29 is 14.3 Å². The smallest absolute Gasteiger partial charge is 0.255 e. The number of amides is 2. The van der Waals surface area contributed by atoms with Gasteiger partial charge in [0.15, 0.2) is 0 Å². The molecule has 1 saturated carbocycles. The Hall–Kier alpha value is -4.59. The number of anilines is 2. The van der Waals surface area contributed by atoms with E-state index in [0.717, 1.165) is 42.5 Å². The lowest BCUT2D eigenvalue weighted by atomic mass is 10.0. The number of hydrogen-bond acceptors (Lipinski definition) is 5. The Bertz CT molecular complexity index is 1420. The molecule has 5 rings (SSSR count). The molecule has 1 heterocycles. The maximum atomic E-state index is 12.7. The summed E-state index contributed by atoms with van der Waals surface area (Å²) in [5.74, 6) is 0.404. The molecule has 3 aromatic carbocycles. The fourth-order valence-corrected chi connectivity index (χ4v) is 4.95. The third kappa shape index (κ3) is 5.25. The summed E-state index contributed by atoms with van der Waals surface area (Å²) in [6.07, 6.45) is 4.28. The zero-order valence-corrected chi connectivity index (χ0v) is 21.3. The van der Waals surface area contributed by atoms with Crippen LogP contribution < -0.4 is 21.1 Å². The van der Waals surface area contributed by atoms with Crippen molar-refractivity contribution in [3.05, 3.63) is 95.6 Å². The van der Waals surface area contributed by atoms with Gasteiger partial charge in [0.2, 0.25) is 0 Å². The first-order valence-corrected chi connectivity index (χ1v) is 12.8. The SMILES string of the molecule is COc1ccccc1C(=O)NCc1ccc(-c2nn(C3CCCC3)c(Nc3ccccc3)c2C(N)=O)cc1. The van der Waals surface area contributed by atoms with Crippen LogP contribution in [0.3, 0.4) is 0 Å². The maximum absolute atomic E-state index is 12.7. The lowest BCUT2D eigenvalue weighted by Gasteiger charge is -2.16. The molecule has 0 atom stereocenters. The largest absolute Gasteiger partial charge is 0.496 e. The first kappa shape index (κ1) is 25.1. The van der Waals surface area contributed by atoms with Gasteiger partial charge in [0, 0.05) is 17.8 Å². The standard InChI is InChI=1S/C30H31N5O3/c1-38-25-14-8-7-13-24(25)30(37)32-19-20-15-17-21(18-16-20)27-26(28(31)36)29(33-22-9-3-2-4-10-22)35(34-27)23-11-5-6-12-23/h2-4,7-10,13-18,23,33H,5-6,11-12,19H2,1H3,(H2,31,36)(H,32,37). The summed E-state index contributed by atoms with van der Waals surface area (Å²) in [6.45, 7) is 0.344. The Morgan fingerprint density at radius 3 is 2.34 bits per heavy atom. The quantitative estimate of drug-likeness (QED) is 0.278. The van der Waals surface area contributed by atoms with E-state index in [0.29, 0.717) is 34.9 Å². The average molecular weight is 510 g/mol. The number of para-hydroxylation sites is 2. The van der Waals surface area contributed by atoms with E-state index in [-0.39, 0.29) is 11.9 Å². The van der Waals surface area contributed by atoms with Crippen molar-refractivity contribution in [3.63, 3.8) is 0 Å². The number of methoxy groups -OCH3 is 1. The number of nitrogens with two attached hydrogens (primary N) is 1. The summed E-state index contributed by atoms with van der Waals surface area (Å²) in [7, 11) is 1.54. The van der Waals surface area contributed by atoms with Gasteiger partial charge in [0.1, 0.15) is 22.8 Å². The van der Waals surface area contributed by atoms with Gasteiger partial charge in [-0.1, -0.05) is 67.4 Å². The van der Waals surface area contributed by atoms with Crippen LogP contribution in [0.15, 0.2) is 78.9 Å². The van der Waals surface area contributed by atoms with Crippen LogP contribution in [0.2, 0.25) is 0 Å². The van der Waals surface area contributed by atoms with Gasteiger partial charge in [-0.25, -0.2) is 4.68 Å². The number of aromatic nitrogens is 2. The number of carbonyl (C=O) groups is 2. The lowest BCUT2D eigenvalue weighted by Crippen LogP contribution is -2.23. The predicted molar refractivity (Wildman–Crippen MR) is 148 cm³/mol. The summed E-state index contributed by atoms with van der Waals surface area (Å²) >= 11 is 0. The second-order valence-corrected chi connectivity index (χ2v) is 9.39. The number of rotatable bonds is 9. The lowest BCUT2D eigenvalue weighted by molar-refractivity contribution is 0.0946. The zero-order chi connectivity index (χ0) is 26.5. The van der Waals surface area contributed by atoms with Gasteiger partial charge in [0.05, 0.1) is 18.7 Å². The van der Waals surface area contributed by atoms with Gasteiger partial charge in [-0.05, 0) is 42.7 Å². The molecule has 8 nitrogen and oxygen atoms in total. The van der Waals surface area contributed by atoms with Gasteiger partial charge in [0.25, 0.3) is 11.8 Å². The fraction of sp³-hybridized carbons (Fsp3) is 0.233. The van der Waals surface area contributed by atoms with Crippen LogP contribution in [-0.2, 0) is 6.54 Å². The van der Waals surface area contributed by atoms with Gasteiger partial charge in [-0.3, -0.25) is 9.59 Å². The molecule has 0 aliphatic heterocycles. The number of ether oxygens (including phenoxy) is 1. The Balaban J connectivity index is 1.41. The molecule has 0 saturated heterocycles. The van der Waals surface area contributed by atoms with Gasteiger partial charge >= 0.3 is 0 Å². The van der Waals surface area contributed by atoms with Crippen LogP contribution in [0.4, 0.5) is 11.5 Å². The number of nitrogens with zero attached hydrogens (tertiary/aromatic N) is 2. The van der Waals surface area contributed by atoms with Gasteiger partial charge < -0.3 is 21.1 Å². The van der Waals surface area contributed by atoms with E-state index in [1.165, 1.54) is 0 Å². The minimum Gasteiger partial charge on any atom is -0.496 e. The molecule has 8 heteroatoms. The summed E-state index contributed by atoms with van der Waals surface area (Å²) in [5, 5.41) is 11.2. The molecular weight excluding hydrogens is 478 g/mol. The topological polar surface area (TPSA) is 111 Å². The third-order valence-electron chi connectivity index (χ3n) is 6.90. The van der Waals surface area contributed by atoms with Crippen LogP contribution in [0, 0.1) is 0 Å². The highest BCUT2D eigenvalue weighted by Crippen LogP contribution is 2.38. The van der Waals surface area contributed by atoms with Crippen molar-refractivity contribution in [2.24, 2.45) is 5.73 Å². The molecule has 1 aliphatic carbocycles. The molecule has 0 unspecified atom stereocenters. The summed E-state index contributed by atoms with van der Waals surface area (Å²) in [4.78, 5) is 25.4. The Kier molecular flexibility index (Phi) is 7.40. The van der Waals surface area contributed by atoms with Crippen molar-refractivity contribution in [1.29, 1.82) is 0 Å². The van der Waals surface area contributed by atoms with Crippen LogP contribution >= 0.6 is 0 Å². The molecule has 0 spiro atoms. The minimum atomic E-state index is -0.532. The van der Waals surface area contributed by atoms with E-state index < -0.39 is 5.91 Å². The average Bonchev–Trinajstić information content (AvgIpc) is 3.61. The van der Waals surface area contributed by atoms with Crippen LogP contribution in [0.1, 0.15) is 58.0 Å². The molecule has 0 radical (unpaired) electrons. The normalized spacial score (nSPS) is 13.3. The van der Waals surface area contributed by atoms with Crippen LogP contribution in [-0.4, -0.2) is 28.7 Å². The molecule has 38 heavy (non-hydrogen) atoms. The van der Waals surface area contributed by atoms with E-state index in [1.807, 2.05) is 65.3 Å². The summed E-state index contributed by atoms with van der Waals surface area (Å²) in [5.41, 5.74) is 9.88. The van der Waals surface area contributed by atoms with E-state index in [1.54, 1.807) is 25.3 Å². The molecule has 0 bridgehead atoms. The van der Waals surface area contributed by atoms with E-state index >= 15 is 0 Å². The first-order chi connectivity index (χ1) is 18.5. The van der Waals surface area contributed by atoms with Crippen molar-refractivity contribution in [3.8, 4) is 17.0 Å². The maximum Gasteiger partial charge on any atom is 0.255 e. The third-order valence-corrected chi connectivity index (χ3v) is 6.90. The van der Waals surface area contributed by atoms with E-state index in [2.05, 4.69) is 10.6 Å².